The fourth-order valence-electron chi connectivity index (χ4n) is 4.44. The molecule has 5 rings (SSSR count). The zero-order valence-corrected chi connectivity index (χ0v) is 20.6. The lowest BCUT2D eigenvalue weighted by atomic mass is 9.82. The number of amides is 5. The smallest absolute Gasteiger partial charge is 0.328 e. The van der Waals surface area contributed by atoms with Gasteiger partial charge in [-0.3, -0.25) is 23.7 Å². The summed E-state index contributed by atoms with van der Waals surface area (Å²) in [6.07, 6.45) is 0. The number of halogens is 1. The van der Waals surface area contributed by atoms with E-state index in [-0.39, 0.29) is 12.3 Å². The lowest BCUT2D eigenvalue weighted by Gasteiger charge is -2.31. The van der Waals surface area contributed by atoms with Crippen LogP contribution in [0.4, 0.5) is 10.5 Å². The van der Waals surface area contributed by atoms with Crippen molar-refractivity contribution in [3.05, 3.63) is 73.7 Å². The number of rotatable bonds is 4. The summed E-state index contributed by atoms with van der Waals surface area (Å²) < 4.78 is 1.23. The molecule has 3 unspecified atom stereocenters. The second-order valence-corrected chi connectivity index (χ2v) is 10.7. The number of thiazole rings is 1. The van der Waals surface area contributed by atoms with Gasteiger partial charge in [0.1, 0.15) is 17.5 Å². The van der Waals surface area contributed by atoms with Crippen LogP contribution in [0.15, 0.2) is 58.4 Å². The maximum atomic E-state index is 13.1. The molecule has 3 atom stereocenters. The number of urea groups is 1. The summed E-state index contributed by atoms with van der Waals surface area (Å²) in [6, 6.07) is 11.5. The first kappa shape index (κ1) is 24.1. The average Bonchev–Trinajstić information content (AvgIpc) is 3.27. The van der Waals surface area contributed by atoms with E-state index in [1.807, 2.05) is 0 Å². The van der Waals surface area contributed by atoms with E-state index in [0.29, 0.717) is 31.1 Å². The molecule has 2 aliphatic rings. The van der Waals surface area contributed by atoms with Crippen molar-refractivity contribution in [3.63, 3.8) is 0 Å². The highest BCUT2D eigenvalue weighted by Gasteiger charge is 2.58. The lowest BCUT2D eigenvalue weighted by molar-refractivity contribution is -0.135. The van der Waals surface area contributed by atoms with E-state index in [9.17, 15) is 29.1 Å². The van der Waals surface area contributed by atoms with Crippen LogP contribution in [0.25, 0.3) is 0 Å². The number of imide groups is 3. The molecule has 2 aromatic carbocycles. The number of aromatic hydroxyl groups is 1. The number of anilines is 1. The van der Waals surface area contributed by atoms with Crippen molar-refractivity contribution in [1.29, 1.82) is 0 Å². The predicted octanol–water partition coefficient (Wildman–Crippen LogP) is 2.58. The first-order valence-corrected chi connectivity index (χ1v) is 12.7. The third kappa shape index (κ3) is 3.96. The van der Waals surface area contributed by atoms with Gasteiger partial charge in [-0.15, -0.1) is 0 Å². The van der Waals surface area contributed by atoms with Crippen molar-refractivity contribution in [2.24, 2.45) is 11.7 Å². The van der Waals surface area contributed by atoms with Gasteiger partial charge in [-0.2, -0.15) is 4.90 Å². The minimum absolute atomic E-state index is 0.134. The molecular formula is C23H17ClN4O6S2. The number of aromatic nitrogens is 1. The molecule has 0 radical (unpaired) electrons. The Labute approximate surface area is 216 Å². The molecule has 184 valence electrons. The van der Waals surface area contributed by atoms with Crippen LogP contribution in [0.5, 0.6) is 5.75 Å². The van der Waals surface area contributed by atoms with E-state index in [2.05, 4.69) is 5.32 Å². The number of hydrogen-bond acceptors (Lipinski definition) is 8. The van der Waals surface area contributed by atoms with Gasteiger partial charge in [0.15, 0.2) is 0 Å². The van der Waals surface area contributed by atoms with Crippen molar-refractivity contribution in [2.45, 2.75) is 22.7 Å². The molecule has 2 aliphatic heterocycles. The number of likely N-dealkylation sites (tertiary alicyclic amines) is 1. The van der Waals surface area contributed by atoms with Crippen molar-refractivity contribution >= 4 is 64.1 Å². The molecule has 10 nitrogen and oxygen atoms in total. The number of nitrogens with one attached hydrogen (secondary N) is 1. The standard InChI is InChI=1S/C23H17ClN4O6S2/c24-10-5-7-11(8-6-10)26-14(30)9-27-21-18(36-23(27)34)15(12-3-1-2-4-13(12)29)16-17(35-21)20(32)28(19(16)31)22(25)33/h1-8,15-17,29H,9H2,(H2,25,33)(H,26,30). The van der Waals surface area contributed by atoms with Crippen LogP contribution in [0.2, 0.25) is 5.02 Å². The van der Waals surface area contributed by atoms with Crippen LogP contribution < -0.4 is 15.9 Å². The number of carbonyl (C=O) groups is 4. The van der Waals surface area contributed by atoms with Crippen LogP contribution in [-0.2, 0) is 20.9 Å². The maximum Gasteiger partial charge on any atom is 0.328 e. The summed E-state index contributed by atoms with van der Waals surface area (Å²) in [7, 11) is 0. The number of nitrogens with zero attached hydrogens (tertiary/aromatic N) is 2. The second-order valence-electron chi connectivity index (χ2n) is 8.13. The molecule has 36 heavy (non-hydrogen) atoms. The molecular weight excluding hydrogens is 528 g/mol. The van der Waals surface area contributed by atoms with Gasteiger partial charge in [-0.25, -0.2) is 4.79 Å². The monoisotopic (exact) mass is 544 g/mol. The SMILES string of the molecule is NC(=O)N1C(=O)C2Sc3c(sc(=O)n3CC(=O)Nc3ccc(Cl)cc3)C(c3ccccc3O)C2C1=O. The van der Waals surface area contributed by atoms with Gasteiger partial charge in [0.05, 0.1) is 10.9 Å². The Morgan fingerprint density at radius 2 is 1.75 bits per heavy atom. The van der Waals surface area contributed by atoms with E-state index in [1.165, 1.54) is 10.6 Å². The molecule has 0 spiro atoms. The number of phenols is 1. The van der Waals surface area contributed by atoms with Crippen LogP contribution in [0.3, 0.4) is 0 Å². The maximum absolute atomic E-state index is 13.1. The largest absolute Gasteiger partial charge is 0.508 e. The van der Waals surface area contributed by atoms with Crippen molar-refractivity contribution in [3.8, 4) is 5.75 Å². The first-order valence-electron chi connectivity index (χ1n) is 10.6. The molecule has 1 aromatic heterocycles. The van der Waals surface area contributed by atoms with Crippen molar-refractivity contribution in [2.75, 3.05) is 5.32 Å². The zero-order chi connectivity index (χ0) is 25.7. The summed E-state index contributed by atoms with van der Waals surface area (Å²) >= 11 is 7.63. The number of para-hydroxylation sites is 1. The summed E-state index contributed by atoms with van der Waals surface area (Å²) in [5.41, 5.74) is 6.10. The Hall–Kier alpha value is -3.61. The van der Waals surface area contributed by atoms with Crippen LogP contribution >= 0.6 is 34.7 Å². The molecule has 1 saturated heterocycles. The molecule has 13 heteroatoms. The van der Waals surface area contributed by atoms with Gasteiger partial charge in [0, 0.05) is 27.1 Å². The number of primary amides is 1. The third-order valence-electron chi connectivity index (χ3n) is 5.97. The molecule has 3 heterocycles. The van der Waals surface area contributed by atoms with Crippen LogP contribution in [0.1, 0.15) is 16.4 Å². The number of carbonyl (C=O) groups excluding carboxylic acids is 4. The number of fused-ring (bicyclic) bond motifs is 2. The molecule has 5 amide bonds. The highest BCUT2D eigenvalue weighted by molar-refractivity contribution is 8.00. The topological polar surface area (TPSA) is 152 Å². The Morgan fingerprint density at radius 1 is 1.06 bits per heavy atom. The normalized spacial score (nSPS) is 20.7. The van der Waals surface area contributed by atoms with Crippen molar-refractivity contribution in [1.82, 2.24) is 9.47 Å². The van der Waals surface area contributed by atoms with Gasteiger partial charge in [-0.05, 0) is 30.3 Å². The Balaban J connectivity index is 1.57. The van der Waals surface area contributed by atoms with E-state index in [0.717, 1.165) is 23.1 Å². The minimum atomic E-state index is -1.20. The molecule has 0 saturated carbocycles. The second kappa shape index (κ2) is 9.12. The minimum Gasteiger partial charge on any atom is -0.508 e. The Kier molecular flexibility index (Phi) is 6.10. The molecule has 0 bridgehead atoms. The molecule has 1 fully saturated rings. The molecule has 4 N–H and O–H groups in total. The lowest BCUT2D eigenvalue weighted by Crippen LogP contribution is -2.41. The highest BCUT2D eigenvalue weighted by Crippen LogP contribution is 2.54. The summed E-state index contributed by atoms with van der Waals surface area (Å²) in [5, 5.41) is 13.0. The van der Waals surface area contributed by atoms with Gasteiger partial charge in [0.25, 0.3) is 5.91 Å². The van der Waals surface area contributed by atoms with Gasteiger partial charge < -0.3 is 16.2 Å². The van der Waals surface area contributed by atoms with Gasteiger partial charge in [0.2, 0.25) is 11.8 Å². The molecule has 3 aromatic rings. The number of nitrogens with two attached hydrogens (primary N) is 1. The number of thioether (sulfide) groups is 1. The van der Waals surface area contributed by atoms with E-state index < -0.39 is 45.7 Å². The molecule has 0 aliphatic carbocycles. The van der Waals surface area contributed by atoms with Gasteiger partial charge >= 0.3 is 10.9 Å². The quantitative estimate of drug-likeness (QED) is 0.427. The van der Waals surface area contributed by atoms with Crippen molar-refractivity contribution < 1.29 is 24.3 Å². The highest BCUT2D eigenvalue weighted by atomic mass is 35.5. The van der Waals surface area contributed by atoms with E-state index in [1.54, 1.807) is 42.5 Å². The van der Waals surface area contributed by atoms with E-state index >= 15 is 0 Å². The zero-order valence-electron chi connectivity index (χ0n) is 18.2. The summed E-state index contributed by atoms with van der Waals surface area (Å²) in [6.45, 7) is -0.354. The van der Waals surface area contributed by atoms with Crippen LogP contribution in [-0.4, -0.2) is 43.6 Å². The number of hydrogen-bond donors (Lipinski definition) is 3. The van der Waals surface area contributed by atoms with E-state index in [4.69, 9.17) is 17.3 Å². The van der Waals surface area contributed by atoms with Crippen LogP contribution in [0, 0.1) is 5.92 Å². The fourth-order valence-corrected chi connectivity index (χ4v) is 7.33. The summed E-state index contributed by atoms with van der Waals surface area (Å²) in [5.74, 6) is -4.18. The fraction of sp³-hybridized carbons (Fsp3) is 0.174. The third-order valence-corrected chi connectivity index (χ3v) is 8.83. The Bertz CT molecular complexity index is 1480. The average molecular weight is 545 g/mol. The Morgan fingerprint density at radius 3 is 2.42 bits per heavy atom. The first-order chi connectivity index (χ1) is 17.2. The summed E-state index contributed by atoms with van der Waals surface area (Å²) in [4.78, 5) is 64.2. The number of benzene rings is 2. The number of phenolic OH excluding ortho intramolecular Hbond substituents is 1. The predicted molar refractivity (Wildman–Crippen MR) is 133 cm³/mol. The van der Waals surface area contributed by atoms with Gasteiger partial charge in [-0.1, -0.05) is 52.9 Å².